The standard InChI is InChI=1S/C14H15ClN2O/c1-9-3-4-10(2)13(5-9)18-14-6-11(7-16)12(15)8-17-14/h3-6,8H,7,16H2,1-2H3. The summed E-state index contributed by atoms with van der Waals surface area (Å²) in [5.74, 6) is 1.31. The Kier molecular flexibility index (Phi) is 3.84. The van der Waals surface area contributed by atoms with E-state index in [4.69, 9.17) is 22.1 Å². The summed E-state index contributed by atoms with van der Waals surface area (Å²) in [6, 6.07) is 7.81. The molecule has 0 aliphatic heterocycles. The van der Waals surface area contributed by atoms with Gasteiger partial charge < -0.3 is 10.5 Å². The zero-order valence-corrected chi connectivity index (χ0v) is 11.2. The number of aryl methyl sites for hydroxylation is 2. The summed E-state index contributed by atoms with van der Waals surface area (Å²) in [7, 11) is 0. The second-order valence-electron chi connectivity index (χ2n) is 4.19. The maximum Gasteiger partial charge on any atom is 0.219 e. The lowest BCUT2D eigenvalue weighted by Crippen LogP contribution is -1.99. The largest absolute Gasteiger partial charge is 0.439 e. The molecule has 1 aromatic heterocycles. The van der Waals surface area contributed by atoms with Crippen molar-refractivity contribution in [3.8, 4) is 11.6 Å². The van der Waals surface area contributed by atoms with Crippen molar-refractivity contribution in [2.75, 3.05) is 0 Å². The first-order chi connectivity index (χ1) is 8.60. The molecule has 3 nitrogen and oxygen atoms in total. The van der Waals surface area contributed by atoms with Crippen molar-refractivity contribution < 1.29 is 4.74 Å². The number of benzene rings is 1. The molecule has 0 atom stereocenters. The van der Waals surface area contributed by atoms with Gasteiger partial charge in [-0.3, -0.25) is 0 Å². The summed E-state index contributed by atoms with van der Waals surface area (Å²) in [6.07, 6.45) is 1.56. The molecule has 94 valence electrons. The third-order valence-electron chi connectivity index (χ3n) is 2.69. The number of nitrogens with two attached hydrogens (primary N) is 1. The van der Waals surface area contributed by atoms with Crippen molar-refractivity contribution in [3.63, 3.8) is 0 Å². The van der Waals surface area contributed by atoms with Crippen LogP contribution >= 0.6 is 11.6 Å². The van der Waals surface area contributed by atoms with Crippen molar-refractivity contribution in [1.29, 1.82) is 0 Å². The van der Waals surface area contributed by atoms with Crippen LogP contribution in [0.4, 0.5) is 0 Å². The molecule has 1 aromatic carbocycles. The molecule has 0 radical (unpaired) electrons. The highest BCUT2D eigenvalue weighted by Crippen LogP contribution is 2.26. The average molecular weight is 263 g/mol. The summed E-state index contributed by atoms with van der Waals surface area (Å²) in [6.45, 7) is 4.38. The molecule has 4 heteroatoms. The fraction of sp³-hybridized carbons (Fsp3) is 0.214. The fourth-order valence-corrected chi connectivity index (χ4v) is 1.78. The molecule has 0 spiro atoms. The van der Waals surface area contributed by atoms with Gasteiger partial charge in [0.2, 0.25) is 5.88 Å². The number of ether oxygens (including phenoxy) is 1. The lowest BCUT2D eigenvalue weighted by Gasteiger charge is -2.10. The van der Waals surface area contributed by atoms with E-state index < -0.39 is 0 Å². The number of aromatic nitrogens is 1. The van der Waals surface area contributed by atoms with E-state index in [9.17, 15) is 0 Å². The van der Waals surface area contributed by atoms with Crippen LogP contribution in [0.15, 0.2) is 30.5 Å². The molecular formula is C14H15ClN2O. The predicted octanol–water partition coefficient (Wildman–Crippen LogP) is 3.60. The van der Waals surface area contributed by atoms with Crippen LogP contribution in [0.1, 0.15) is 16.7 Å². The Balaban J connectivity index is 2.31. The van der Waals surface area contributed by atoms with Crippen LogP contribution in [-0.4, -0.2) is 4.98 Å². The van der Waals surface area contributed by atoms with Crippen LogP contribution in [0.2, 0.25) is 5.02 Å². The summed E-state index contributed by atoms with van der Waals surface area (Å²) in [5, 5.41) is 0.561. The summed E-state index contributed by atoms with van der Waals surface area (Å²) in [5.41, 5.74) is 8.63. The monoisotopic (exact) mass is 262 g/mol. The number of rotatable bonds is 3. The van der Waals surface area contributed by atoms with E-state index in [2.05, 4.69) is 4.98 Å². The van der Waals surface area contributed by atoms with Gasteiger partial charge in [-0.25, -0.2) is 4.98 Å². The van der Waals surface area contributed by atoms with Gasteiger partial charge in [0.05, 0.1) is 5.02 Å². The maximum atomic E-state index is 5.96. The Morgan fingerprint density at radius 3 is 2.78 bits per heavy atom. The first-order valence-corrected chi connectivity index (χ1v) is 6.07. The van der Waals surface area contributed by atoms with E-state index in [-0.39, 0.29) is 0 Å². The average Bonchev–Trinajstić information content (AvgIpc) is 2.36. The number of nitrogens with zero attached hydrogens (tertiary/aromatic N) is 1. The maximum absolute atomic E-state index is 5.96. The second-order valence-corrected chi connectivity index (χ2v) is 4.60. The van der Waals surface area contributed by atoms with Gasteiger partial charge in [0.15, 0.2) is 0 Å². The number of hydrogen-bond donors (Lipinski definition) is 1. The van der Waals surface area contributed by atoms with Crippen LogP contribution in [0.3, 0.4) is 0 Å². The minimum Gasteiger partial charge on any atom is -0.439 e. The number of halogens is 1. The first-order valence-electron chi connectivity index (χ1n) is 5.69. The Bertz CT molecular complexity index is 570. The van der Waals surface area contributed by atoms with Crippen molar-refractivity contribution in [1.82, 2.24) is 4.98 Å². The molecule has 0 saturated carbocycles. The van der Waals surface area contributed by atoms with Crippen molar-refractivity contribution >= 4 is 11.6 Å². The highest BCUT2D eigenvalue weighted by molar-refractivity contribution is 6.31. The SMILES string of the molecule is Cc1ccc(C)c(Oc2cc(CN)c(Cl)cn2)c1. The molecule has 0 aliphatic carbocycles. The molecule has 0 fully saturated rings. The predicted molar refractivity (Wildman–Crippen MR) is 73.1 cm³/mol. The number of hydrogen-bond acceptors (Lipinski definition) is 3. The Morgan fingerprint density at radius 2 is 2.06 bits per heavy atom. The van der Waals surface area contributed by atoms with Gasteiger partial charge >= 0.3 is 0 Å². The van der Waals surface area contributed by atoms with Crippen molar-refractivity contribution in [2.24, 2.45) is 5.73 Å². The highest BCUT2D eigenvalue weighted by Gasteiger charge is 2.06. The van der Waals surface area contributed by atoms with Gasteiger partial charge in [-0.1, -0.05) is 23.7 Å². The quantitative estimate of drug-likeness (QED) is 0.919. The number of pyridine rings is 1. The van der Waals surface area contributed by atoms with Crippen molar-refractivity contribution in [3.05, 3.63) is 52.2 Å². The molecule has 2 N–H and O–H groups in total. The van der Waals surface area contributed by atoms with E-state index >= 15 is 0 Å². The van der Waals surface area contributed by atoms with Crippen LogP contribution in [0, 0.1) is 13.8 Å². The molecule has 0 aliphatic rings. The van der Waals surface area contributed by atoms with E-state index in [0.29, 0.717) is 17.4 Å². The summed E-state index contributed by atoms with van der Waals surface area (Å²) >= 11 is 5.96. The van der Waals surface area contributed by atoms with Gasteiger partial charge in [-0.2, -0.15) is 0 Å². The van der Waals surface area contributed by atoms with E-state index in [1.165, 1.54) is 0 Å². The van der Waals surface area contributed by atoms with E-state index in [1.807, 2.05) is 32.0 Å². The van der Waals surface area contributed by atoms with Gasteiger partial charge in [0, 0.05) is 18.8 Å². The highest BCUT2D eigenvalue weighted by atomic mass is 35.5. The molecule has 0 bridgehead atoms. The van der Waals surface area contributed by atoms with Gasteiger partial charge in [-0.15, -0.1) is 0 Å². The third-order valence-corrected chi connectivity index (χ3v) is 3.03. The zero-order chi connectivity index (χ0) is 13.1. The Labute approximate surface area is 112 Å². The third kappa shape index (κ3) is 2.81. The molecule has 0 saturated heterocycles. The van der Waals surface area contributed by atoms with Crippen LogP contribution in [0.25, 0.3) is 0 Å². The summed E-state index contributed by atoms with van der Waals surface area (Å²) in [4.78, 5) is 4.14. The molecule has 2 aromatic rings. The lowest BCUT2D eigenvalue weighted by atomic mass is 10.1. The van der Waals surface area contributed by atoms with Crippen molar-refractivity contribution in [2.45, 2.75) is 20.4 Å². The van der Waals surface area contributed by atoms with E-state index in [1.54, 1.807) is 12.3 Å². The van der Waals surface area contributed by atoms with Gasteiger partial charge in [-0.05, 0) is 36.6 Å². The van der Waals surface area contributed by atoms with E-state index in [0.717, 1.165) is 22.4 Å². The smallest absolute Gasteiger partial charge is 0.219 e. The van der Waals surface area contributed by atoms with Crippen LogP contribution < -0.4 is 10.5 Å². The van der Waals surface area contributed by atoms with Crippen LogP contribution in [-0.2, 0) is 6.54 Å². The molecule has 0 unspecified atom stereocenters. The molecule has 18 heavy (non-hydrogen) atoms. The lowest BCUT2D eigenvalue weighted by molar-refractivity contribution is 0.458. The van der Waals surface area contributed by atoms with Gasteiger partial charge in [0.25, 0.3) is 0 Å². The molecular weight excluding hydrogens is 248 g/mol. The zero-order valence-electron chi connectivity index (χ0n) is 10.4. The molecule has 0 amide bonds. The summed E-state index contributed by atoms with van der Waals surface area (Å²) < 4.78 is 5.76. The van der Waals surface area contributed by atoms with Crippen LogP contribution in [0.5, 0.6) is 11.6 Å². The first kappa shape index (κ1) is 12.9. The topological polar surface area (TPSA) is 48.1 Å². The molecule has 1 heterocycles. The Hall–Kier alpha value is -1.58. The second kappa shape index (κ2) is 5.38. The normalized spacial score (nSPS) is 10.4. The minimum absolute atomic E-state index is 0.366. The minimum atomic E-state index is 0.366. The molecule has 2 rings (SSSR count). The van der Waals surface area contributed by atoms with Gasteiger partial charge in [0.1, 0.15) is 5.75 Å². The Morgan fingerprint density at radius 1 is 1.28 bits per heavy atom. The fourth-order valence-electron chi connectivity index (χ4n) is 1.60.